The van der Waals surface area contributed by atoms with E-state index in [-0.39, 0.29) is 11.7 Å². The van der Waals surface area contributed by atoms with Crippen molar-refractivity contribution in [2.75, 3.05) is 13.7 Å². The van der Waals surface area contributed by atoms with E-state index in [9.17, 15) is 19.3 Å². The number of furan rings is 1. The van der Waals surface area contributed by atoms with Crippen molar-refractivity contribution in [2.24, 2.45) is 5.92 Å². The van der Waals surface area contributed by atoms with Crippen molar-refractivity contribution in [2.45, 2.75) is 12.8 Å². The summed E-state index contributed by atoms with van der Waals surface area (Å²) in [7, 11) is 1.19. The van der Waals surface area contributed by atoms with E-state index in [4.69, 9.17) is 14.0 Å². The molecule has 0 saturated heterocycles. The van der Waals surface area contributed by atoms with Crippen LogP contribution in [-0.2, 0) is 19.1 Å². The van der Waals surface area contributed by atoms with E-state index in [2.05, 4.69) is 4.74 Å². The van der Waals surface area contributed by atoms with Crippen molar-refractivity contribution in [1.82, 2.24) is 0 Å². The lowest BCUT2D eigenvalue weighted by Gasteiger charge is -2.19. The number of fused-ring (bicyclic) bond motifs is 1. The molecule has 128 valence electrons. The van der Waals surface area contributed by atoms with E-state index >= 15 is 0 Å². The molecular weight excluding hydrogens is 325 g/mol. The summed E-state index contributed by atoms with van der Waals surface area (Å²) in [4.78, 5) is 38.2. The summed E-state index contributed by atoms with van der Waals surface area (Å²) in [6.07, 6.45) is 1.65. The third kappa shape index (κ3) is 4.47. The summed E-state index contributed by atoms with van der Waals surface area (Å²) in [6.45, 7) is 0.926. The third-order valence-electron chi connectivity index (χ3n) is 3.49. The molecule has 2 aromatic rings. The second kappa shape index (κ2) is 8.54. The van der Waals surface area contributed by atoms with Gasteiger partial charge in [0.2, 0.25) is 6.54 Å². The number of ether oxygens (including phenoxy) is 1. The first kappa shape index (κ1) is 19.0. The lowest BCUT2D eigenvalue weighted by Crippen LogP contribution is -2.27. The van der Waals surface area contributed by atoms with Crippen molar-refractivity contribution < 1.29 is 32.9 Å². The Morgan fingerprint density at radius 3 is 2.62 bits per heavy atom. The molecule has 2 rings (SSSR count). The fourth-order valence-electron chi connectivity index (χ4n) is 2.32. The summed E-state index contributed by atoms with van der Waals surface area (Å²) in [5.41, 5.74) is 0.459. The van der Waals surface area contributed by atoms with Gasteiger partial charge in [0, 0.05) is 16.4 Å². The molecule has 1 heterocycles. The monoisotopic (exact) mass is 339 g/mol. The van der Waals surface area contributed by atoms with E-state index in [0.717, 1.165) is 0 Å². The van der Waals surface area contributed by atoms with E-state index in [1.54, 1.807) is 6.07 Å². The number of halogens is 1. The lowest BCUT2D eigenvalue weighted by molar-refractivity contribution is -0.484. The number of nitro groups is 1. The van der Waals surface area contributed by atoms with E-state index in [0.29, 0.717) is 11.0 Å². The Labute approximate surface area is 135 Å². The van der Waals surface area contributed by atoms with Crippen molar-refractivity contribution in [1.29, 1.82) is 0 Å². The minimum absolute atomic E-state index is 0.110. The number of hydrogen-bond acceptors (Lipinski definition) is 7. The van der Waals surface area contributed by atoms with Gasteiger partial charge in [-0.3, -0.25) is 14.9 Å². The zero-order valence-electron chi connectivity index (χ0n) is 12.9. The summed E-state index contributed by atoms with van der Waals surface area (Å²) >= 11 is 0. The predicted molar refractivity (Wildman–Crippen MR) is 77.0 cm³/mol. The topological polar surface area (TPSA) is 117 Å². The average Bonchev–Trinajstić information content (AvgIpc) is 2.98. The van der Waals surface area contributed by atoms with E-state index in [1.807, 2.05) is 0 Å². The first-order valence-electron chi connectivity index (χ1n) is 6.71. The normalized spacial score (nSPS) is 12.5. The Kier molecular flexibility index (Phi) is 6.76. The largest absolute Gasteiger partial charge is 0.469 e. The fourth-order valence-corrected chi connectivity index (χ4v) is 2.32. The summed E-state index contributed by atoms with van der Waals surface area (Å²) in [5.74, 6) is -3.00. The molecule has 2 atom stereocenters. The molecule has 24 heavy (non-hydrogen) atoms. The van der Waals surface area contributed by atoms with Crippen LogP contribution in [0.15, 0.2) is 28.9 Å². The quantitative estimate of drug-likeness (QED) is 0.465. The van der Waals surface area contributed by atoms with Crippen LogP contribution in [0.4, 0.5) is 4.39 Å². The van der Waals surface area contributed by atoms with Crippen LogP contribution in [0.5, 0.6) is 0 Å². The number of rotatable bonds is 5. The molecule has 0 aliphatic heterocycles. The Bertz CT molecular complexity index is 764. The maximum Gasteiger partial charge on any atom is 0.373 e. The van der Waals surface area contributed by atoms with Crippen molar-refractivity contribution in [3.05, 3.63) is 46.0 Å². The standard InChI is InChI=1S/C14H14FNO5.CO2/c1-8(14(17)20-2)11(7-16(18)19)10-5-9-3-4-21-13(9)6-12(10)15;2-1-3/h3-6,8,11H,7H2,1-2H3;/t8?,11-;/m1./s1. The highest BCUT2D eigenvalue weighted by molar-refractivity contribution is 5.79. The van der Waals surface area contributed by atoms with Gasteiger partial charge in [0.15, 0.2) is 0 Å². The smallest absolute Gasteiger partial charge is 0.373 e. The van der Waals surface area contributed by atoms with Crippen molar-refractivity contribution >= 4 is 23.1 Å². The summed E-state index contributed by atoms with van der Waals surface area (Å²) in [5, 5.41) is 11.5. The number of carbonyl (C=O) groups is 1. The highest BCUT2D eigenvalue weighted by atomic mass is 19.1. The second-order valence-electron chi connectivity index (χ2n) is 4.85. The second-order valence-corrected chi connectivity index (χ2v) is 4.85. The van der Waals surface area contributed by atoms with Crippen LogP contribution in [0.25, 0.3) is 11.0 Å². The zero-order chi connectivity index (χ0) is 18.3. The molecule has 0 bridgehead atoms. The number of nitrogens with zero attached hydrogens (tertiary/aromatic N) is 1. The molecule has 1 aromatic heterocycles. The van der Waals surface area contributed by atoms with Crippen molar-refractivity contribution in [3.8, 4) is 0 Å². The molecule has 9 heteroatoms. The predicted octanol–water partition coefficient (Wildman–Crippen LogP) is 2.16. The summed E-state index contributed by atoms with van der Waals surface area (Å²) in [6, 6.07) is 4.27. The minimum Gasteiger partial charge on any atom is -0.469 e. The third-order valence-corrected chi connectivity index (χ3v) is 3.49. The highest BCUT2D eigenvalue weighted by Crippen LogP contribution is 2.31. The molecule has 8 nitrogen and oxygen atoms in total. The number of hydrogen-bond donors (Lipinski definition) is 0. The van der Waals surface area contributed by atoms with Crippen LogP contribution >= 0.6 is 0 Å². The fraction of sp³-hybridized carbons (Fsp3) is 0.333. The summed E-state index contributed by atoms with van der Waals surface area (Å²) < 4.78 is 23.9. The number of carbonyl (C=O) groups excluding carboxylic acids is 3. The highest BCUT2D eigenvalue weighted by Gasteiger charge is 2.32. The lowest BCUT2D eigenvalue weighted by atomic mass is 9.86. The van der Waals surface area contributed by atoms with Gasteiger partial charge in [-0.2, -0.15) is 9.59 Å². The molecule has 0 fully saturated rings. The number of esters is 1. The van der Waals surface area contributed by atoms with Gasteiger partial charge in [0.25, 0.3) is 0 Å². The first-order valence-corrected chi connectivity index (χ1v) is 6.71. The van der Waals surface area contributed by atoms with Crippen LogP contribution in [0, 0.1) is 21.8 Å². The van der Waals surface area contributed by atoms with E-state index in [1.165, 1.54) is 32.4 Å². The Morgan fingerprint density at radius 1 is 1.46 bits per heavy atom. The van der Waals surface area contributed by atoms with Gasteiger partial charge in [0.1, 0.15) is 11.4 Å². The molecular formula is C15H14FNO7. The van der Waals surface area contributed by atoms with Crippen LogP contribution in [0.3, 0.4) is 0 Å². The number of methoxy groups -OCH3 is 1. The molecule has 0 N–H and O–H groups in total. The van der Waals surface area contributed by atoms with Gasteiger partial charge in [-0.15, -0.1) is 0 Å². The molecule has 0 amide bonds. The molecule has 0 saturated carbocycles. The molecule has 1 unspecified atom stereocenters. The molecule has 0 aliphatic carbocycles. The van der Waals surface area contributed by atoms with Crippen LogP contribution in [0.1, 0.15) is 18.4 Å². The molecule has 0 spiro atoms. The van der Waals surface area contributed by atoms with Gasteiger partial charge >= 0.3 is 12.1 Å². The van der Waals surface area contributed by atoms with Crippen LogP contribution in [0.2, 0.25) is 0 Å². The zero-order valence-corrected chi connectivity index (χ0v) is 12.9. The number of benzene rings is 1. The van der Waals surface area contributed by atoms with Crippen LogP contribution in [-0.4, -0.2) is 30.7 Å². The Balaban J connectivity index is 0.000000891. The van der Waals surface area contributed by atoms with Crippen molar-refractivity contribution in [3.63, 3.8) is 0 Å². The molecule has 0 aliphatic rings. The van der Waals surface area contributed by atoms with Gasteiger partial charge in [0.05, 0.1) is 25.2 Å². The Hall–Kier alpha value is -3.06. The SMILES string of the molecule is COC(=O)C(C)[C@@H](C[N+](=O)[O-])c1cc2ccoc2cc1F.O=C=O. The first-order chi connectivity index (χ1) is 11.3. The maximum atomic E-state index is 14.2. The molecule has 1 aromatic carbocycles. The minimum atomic E-state index is -0.910. The van der Waals surface area contributed by atoms with Gasteiger partial charge < -0.3 is 9.15 Å². The van der Waals surface area contributed by atoms with Gasteiger partial charge in [-0.25, -0.2) is 4.39 Å². The molecule has 0 radical (unpaired) electrons. The Morgan fingerprint density at radius 2 is 2.08 bits per heavy atom. The van der Waals surface area contributed by atoms with Crippen LogP contribution < -0.4 is 0 Å². The van der Waals surface area contributed by atoms with E-state index < -0.39 is 35.1 Å². The van der Waals surface area contributed by atoms with Gasteiger partial charge in [-0.05, 0) is 17.7 Å². The maximum absolute atomic E-state index is 14.2. The van der Waals surface area contributed by atoms with Gasteiger partial charge in [-0.1, -0.05) is 6.92 Å². The average molecular weight is 339 g/mol.